The number of benzene rings is 3. The number of halogens is 2. The summed E-state index contributed by atoms with van der Waals surface area (Å²) in [5, 5.41) is 0. The highest BCUT2D eigenvalue weighted by Gasteiger charge is 2.28. The Labute approximate surface area is 266 Å². The lowest BCUT2D eigenvalue weighted by Crippen LogP contribution is -2.22. The molecule has 0 spiro atoms. The maximum absolute atomic E-state index is 14.0. The summed E-state index contributed by atoms with van der Waals surface area (Å²) >= 11 is 0. The third-order valence-electron chi connectivity index (χ3n) is 8.86. The third-order valence-corrected chi connectivity index (χ3v) is 8.86. The van der Waals surface area contributed by atoms with E-state index < -0.39 is 5.85 Å². The van der Waals surface area contributed by atoms with E-state index in [1.807, 2.05) is 55.5 Å². The highest BCUT2D eigenvalue weighted by molar-refractivity contribution is 5.99. The molecule has 0 amide bonds. The van der Waals surface area contributed by atoms with Crippen molar-refractivity contribution in [3.8, 4) is 17.1 Å². The molecule has 0 radical (unpaired) electrons. The lowest BCUT2D eigenvalue weighted by atomic mass is 9.72. The maximum Gasteiger partial charge on any atom is 0.242 e. The van der Waals surface area contributed by atoms with Gasteiger partial charge in [0.15, 0.2) is 5.78 Å². The van der Waals surface area contributed by atoms with Gasteiger partial charge in [-0.1, -0.05) is 61.9 Å². The van der Waals surface area contributed by atoms with Crippen LogP contribution in [-0.4, -0.2) is 11.6 Å². The molecule has 0 saturated heterocycles. The van der Waals surface area contributed by atoms with Gasteiger partial charge in [0.25, 0.3) is 0 Å². The highest BCUT2D eigenvalue weighted by Crippen LogP contribution is 2.39. The number of hydrogen-bond acceptors (Lipinski definition) is 3. The van der Waals surface area contributed by atoms with Crippen molar-refractivity contribution in [1.82, 2.24) is 0 Å². The first-order valence-corrected chi connectivity index (χ1v) is 16.1. The van der Waals surface area contributed by atoms with Gasteiger partial charge < -0.3 is 9.15 Å². The van der Waals surface area contributed by atoms with Gasteiger partial charge in [0, 0.05) is 31.4 Å². The van der Waals surface area contributed by atoms with Gasteiger partial charge in [0.2, 0.25) is 5.85 Å². The number of furan rings is 1. The molecular formula is C40H44F2O3. The number of aryl methyl sites for hydroxylation is 1. The first-order chi connectivity index (χ1) is 21.5. The summed E-state index contributed by atoms with van der Waals surface area (Å²) in [6.45, 7) is 7.06. The Morgan fingerprint density at radius 2 is 1.76 bits per heavy atom. The summed E-state index contributed by atoms with van der Waals surface area (Å²) in [5.41, 5.74) is 7.00. The van der Waals surface area contributed by atoms with Gasteiger partial charge >= 0.3 is 0 Å². The van der Waals surface area contributed by atoms with E-state index in [1.165, 1.54) is 25.0 Å². The van der Waals surface area contributed by atoms with Crippen LogP contribution in [0.2, 0.25) is 0 Å². The van der Waals surface area contributed by atoms with Crippen LogP contribution in [0.1, 0.15) is 92.4 Å². The number of alkyl halides is 1. The summed E-state index contributed by atoms with van der Waals surface area (Å²) < 4.78 is 38.9. The molecule has 1 aromatic heterocycles. The number of carbonyl (C=O) groups is 1. The van der Waals surface area contributed by atoms with Crippen LogP contribution in [0, 0.1) is 11.2 Å². The van der Waals surface area contributed by atoms with Crippen molar-refractivity contribution in [2.45, 2.75) is 91.3 Å². The van der Waals surface area contributed by atoms with Crippen LogP contribution in [0.4, 0.5) is 8.78 Å². The van der Waals surface area contributed by atoms with Crippen molar-refractivity contribution in [2.75, 3.05) is 0 Å². The Balaban J connectivity index is 1.33. The maximum atomic E-state index is 14.0. The van der Waals surface area contributed by atoms with Gasteiger partial charge in [-0.25, -0.2) is 4.39 Å². The van der Waals surface area contributed by atoms with Gasteiger partial charge in [0.1, 0.15) is 17.3 Å². The zero-order valence-electron chi connectivity index (χ0n) is 26.9. The van der Waals surface area contributed by atoms with E-state index in [0.717, 1.165) is 78.5 Å². The van der Waals surface area contributed by atoms with Crippen LogP contribution in [0.5, 0.6) is 5.75 Å². The van der Waals surface area contributed by atoms with Crippen LogP contribution >= 0.6 is 0 Å². The molecule has 3 aromatic carbocycles. The Kier molecular flexibility index (Phi) is 10.1. The van der Waals surface area contributed by atoms with Crippen LogP contribution < -0.4 is 4.74 Å². The molecule has 0 fully saturated rings. The van der Waals surface area contributed by atoms with E-state index in [-0.39, 0.29) is 23.4 Å². The van der Waals surface area contributed by atoms with Crippen molar-refractivity contribution in [2.24, 2.45) is 5.41 Å². The molecular weight excluding hydrogens is 566 g/mol. The molecule has 1 unspecified atom stereocenters. The summed E-state index contributed by atoms with van der Waals surface area (Å²) in [5.74, 6) is -0.627. The molecule has 1 heterocycles. The number of hydrogen-bond donors (Lipinski definition) is 0. The average Bonchev–Trinajstić information content (AvgIpc) is 3.52. The molecule has 5 rings (SSSR count). The summed E-state index contributed by atoms with van der Waals surface area (Å²) in [6.07, 6.45) is 11.8. The zero-order valence-corrected chi connectivity index (χ0v) is 26.9. The summed E-state index contributed by atoms with van der Waals surface area (Å²) in [4.78, 5) is 13.8. The molecule has 1 atom stereocenters. The largest absolute Gasteiger partial charge is 0.464 e. The predicted molar refractivity (Wildman–Crippen MR) is 177 cm³/mol. The molecule has 3 nitrogen and oxygen atoms in total. The van der Waals surface area contributed by atoms with E-state index in [2.05, 4.69) is 19.1 Å². The number of rotatable bonds is 11. The second-order valence-corrected chi connectivity index (χ2v) is 13.3. The molecule has 0 bridgehead atoms. The van der Waals surface area contributed by atoms with Crippen molar-refractivity contribution < 1.29 is 22.7 Å². The minimum absolute atomic E-state index is 0.0300. The highest BCUT2D eigenvalue weighted by atomic mass is 19.2. The monoisotopic (exact) mass is 610 g/mol. The molecule has 45 heavy (non-hydrogen) atoms. The first kappa shape index (κ1) is 32.4. The zero-order chi connectivity index (χ0) is 32.0. The van der Waals surface area contributed by atoms with Crippen LogP contribution in [0.3, 0.4) is 0 Å². The second-order valence-electron chi connectivity index (χ2n) is 13.3. The summed E-state index contributed by atoms with van der Waals surface area (Å²) in [7, 11) is 0. The van der Waals surface area contributed by atoms with Gasteiger partial charge in [-0.15, -0.1) is 0 Å². The molecule has 1 aliphatic rings. The van der Waals surface area contributed by atoms with Crippen LogP contribution in [0.25, 0.3) is 11.3 Å². The fourth-order valence-corrected chi connectivity index (χ4v) is 6.51. The number of ketones is 1. The van der Waals surface area contributed by atoms with Crippen molar-refractivity contribution in [3.63, 3.8) is 0 Å². The predicted octanol–water partition coefficient (Wildman–Crippen LogP) is 10.8. The second kappa shape index (κ2) is 14.0. The van der Waals surface area contributed by atoms with Crippen molar-refractivity contribution in [3.05, 3.63) is 124 Å². The first-order valence-electron chi connectivity index (χ1n) is 16.1. The van der Waals surface area contributed by atoms with Gasteiger partial charge in [-0.3, -0.25) is 4.79 Å². The molecule has 1 aliphatic carbocycles. The Hall–Kier alpha value is -3.99. The van der Waals surface area contributed by atoms with Gasteiger partial charge in [0.05, 0.1) is 6.26 Å². The lowest BCUT2D eigenvalue weighted by Gasteiger charge is -2.32. The van der Waals surface area contributed by atoms with Crippen molar-refractivity contribution >= 4 is 5.78 Å². The van der Waals surface area contributed by atoms with Gasteiger partial charge in [-0.2, -0.15) is 4.39 Å². The number of carbonyl (C=O) groups excluding carboxylic acids is 1. The Bertz CT molecular complexity index is 1630. The molecule has 5 heteroatoms. The fraction of sp³-hybridized carbons (Fsp3) is 0.375. The Morgan fingerprint density at radius 3 is 2.47 bits per heavy atom. The number of allylic oxidation sites excluding steroid dienone is 2. The quantitative estimate of drug-likeness (QED) is 0.125. The standard InChI is InChI=1S/C40H44F2O3/c1-5-31-24-30(14-19-36(31)41)23-28-9-6-20-40(4,21-7-10-28)27-33-26-32(38-11-8-22-44-38)15-18-35(33)37(43)25-29-12-16-34(17-13-29)45-39(2,3)42/h8-9,11-19,22,24,26H,5-7,10,20-21,23,25,27H2,1-4H3. The summed E-state index contributed by atoms with van der Waals surface area (Å²) in [6, 6.07) is 22.4. The minimum Gasteiger partial charge on any atom is -0.464 e. The lowest BCUT2D eigenvalue weighted by molar-refractivity contribution is -0.0257. The topological polar surface area (TPSA) is 39.4 Å². The molecule has 0 aliphatic heterocycles. The van der Waals surface area contributed by atoms with Gasteiger partial charge in [-0.05, 0) is 115 Å². The molecule has 0 N–H and O–H groups in total. The van der Waals surface area contributed by atoms with Crippen molar-refractivity contribution in [1.29, 1.82) is 0 Å². The van der Waals surface area contributed by atoms with E-state index in [0.29, 0.717) is 12.2 Å². The Morgan fingerprint density at radius 1 is 0.978 bits per heavy atom. The molecule has 236 valence electrons. The van der Waals surface area contributed by atoms with E-state index in [1.54, 1.807) is 24.5 Å². The average molecular weight is 611 g/mol. The fourth-order valence-electron chi connectivity index (χ4n) is 6.51. The van der Waals surface area contributed by atoms with Crippen LogP contribution in [0.15, 0.2) is 95.1 Å². The SMILES string of the molecule is CCc1cc(CC2=CCCC(C)(Cc3cc(-c4ccco4)ccc3C(=O)Cc3ccc(OC(C)(C)F)cc3)CCC2)ccc1F. The number of ether oxygens (including phenoxy) is 1. The minimum atomic E-state index is -1.77. The smallest absolute Gasteiger partial charge is 0.242 e. The van der Waals surface area contributed by atoms with Crippen LogP contribution in [-0.2, 0) is 25.7 Å². The van der Waals surface area contributed by atoms with E-state index >= 15 is 0 Å². The van der Waals surface area contributed by atoms with E-state index in [9.17, 15) is 13.6 Å². The molecule has 0 saturated carbocycles. The molecule has 4 aromatic rings. The number of Topliss-reactive ketones (excluding diaryl/α,β-unsaturated/α-hetero) is 1. The van der Waals surface area contributed by atoms with E-state index in [4.69, 9.17) is 9.15 Å². The third kappa shape index (κ3) is 8.81. The normalized spacial score (nSPS) is 17.3.